The Hall–Kier alpha value is -0.910. The van der Waals surface area contributed by atoms with Crippen LogP contribution in [-0.4, -0.2) is 38.0 Å². The molecule has 2 N–H and O–H groups in total. The molecule has 0 aliphatic heterocycles. The number of hydrogen-bond acceptors (Lipinski definition) is 4. The third-order valence-electron chi connectivity index (χ3n) is 3.37. The van der Waals surface area contributed by atoms with Crippen LogP contribution in [0, 0.1) is 0 Å². The molecule has 0 aromatic heterocycles. The van der Waals surface area contributed by atoms with Gasteiger partial charge in [-0.3, -0.25) is 0 Å². The van der Waals surface area contributed by atoms with E-state index in [1.54, 1.807) is 24.3 Å². The quantitative estimate of drug-likeness (QED) is 0.755. The molecule has 0 saturated heterocycles. The third kappa shape index (κ3) is 2.91. The Morgan fingerprint density at radius 3 is 2.50 bits per heavy atom. The smallest absolute Gasteiger partial charge is 0.181 e. The molecule has 4 nitrogen and oxygen atoms in total. The van der Waals surface area contributed by atoms with Crippen LogP contribution in [0.1, 0.15) is 19.3 Å². The van der Waals surface area contributed by atoms with Crippen molar-refractivity contribution < 1.29 is 13.5 Å². The van der Waals surface area contributed by atoms with Gasteiger partial charge in [0.05, 0.1) is 10.1 Å². The van der Waals surface area contributed by atoms with Crippen molar-refractivity contribution in [3.63, 3.8) is 0 Å². The van der Waals surface area contributed by atoms with Crippen LogP contribution in [-0.2, 0) is 9.84 Å². The lowest BCUT2D eigenvalue weighted by Crippen LogP contribution is -2.48. The second-order valence-corrected chi connectivity index (χ2v) is 6.91. The molecule has 5 heteroatoms. The van der Waals surface area contributed by atoms with Crippen LogP contribution in [0.5, 0.6) is 0 Å². The van der Waals surface area contributed by atoms with E-state index in [2.05, 4.69) is 5.32 Å². The number of rotatable bonds is 6. The molecule has 0 radical (unpaired) electrons. The van der Waals surface area contributed by atoms with E-state index in [4.69, 9.17) is 5.11 Å². The van der Waals surface area contributed by atoms with Crippen LogP contribution >= 0.6 is 0 Å². The van der Waals surface area contributed by atoms with Gasteiger partial charge in [-0.1, -0.05) is 18.2 Å². The lowest BCUT2D eigenvalue weighted by atomic mass is 9.92. The molecule has 1 aromatic rings. The molecular weight excluding hydrogens is 250 g/mol. The van der Waals surface area contributed by atoms with Gasteiger partial charge in [0.1, 0.15) is 0 Å². The SMILES string of the molecule is O=S(=O)(c1ccccc1)C1CC(NCCCO)C1. The Kier molecular flexibility index (Phi) is 4.37. The van der Waals surface area contributed by atoms with Crippen LogP contribution in [0.25, 0.3) is 0 Å². The minimum atomic E-state index is -3.16. The maximum absolute atomic E-state index is 12.2. The summed E-state index contributed by atoms with van der Waals surface area (Å²) in [5, 5.41) is 11.7. The second kappa shape index (κ2) is 5.82. The molecule has 1 fully saturated rings. The zero-order chi connectivity index (χ0) is 13.0. The molecule has 0 heterocycles. The van der Waals surface area contributed by atoms with E-state index in [0.29, 0.717) is 24.2 Å². The van der Waals surface area contributed by atoms with Gasteiger partial charge in [0.2, 0.25) is 0 Å². The summed E-state index contributed by atoms with van der Waals surface area (Å²) in [5.41, 5.74) is 0. The summed E-state index contributed by atoms with van der Waals surface area (Å²) in [7, 11) is -3.16. The van der Waals surface area contributed by atoms with Crippen molar-refractivity contribution >= 4 is 9.84 Å². The van der Waals surface area contributed by atoms with Crippen molar-refractivity contribution in [2.24, 2.45) is 0 Å². The molecular formula is C13H19NO3S. The largest absolute Gasteiger partial charge is 0.396 e. The van der Waals surface area contributed by atoms with Gasteiger partial charge in [-0.05, 0) is 37.9 Å². The highest BCUT2D eigenvalue weighted by Gasteiger charge is 2.38. The van der Waals surface area contributed by atoms with E-state index in [9.17, 15) is 8.42 Å². The highest BCUT2D eigenvalue weighted by molar-refractivity contribution is 7.92. The zero-order valence-corrected chi connectivity index (χ0v) is 11.1. The predicted octanol–water partition coefficient (Wildman–Crippen LogP) is 0.963. The first-order valence-corrected chi connectivity index (χ1v) is 7.82. The summed E-state index contributed by atoms with van der Waals surface area (Å²) < 4.78 is 24.4. The summed E-state index contributed by atoms with van der Waals surface area (Å²) in [6, 6.07) is 8.91. The van der Waals surface area contributed by atoms with Crippen molar-refractivity contribution in [3.05, 3.63) is 30.3 Å². The minimum Gasteiger partial charge on any atom is -0.396 e. The standard InChI is InChI=1S/C13H19NO3S/c15-8-4-7-14-11-9-13(10-11)18(16,17)12-5-2-1-3-6-12/h1-3,5-6,11,13-15H,4,7-10H2. The van der Waals surface area contributed by atoms with E-state index < -0.39 is 9.84 Å². The monoisotopic (exact) mass is 269 g/mol. The Bertz CT molecular complexity index is 466. The topological polar surface area (TPSA) is 66.4 Å². The van der Waals surface area contributed by atoms with Gasteiger partial charge >= 0.3 is 0 Å². The van der Waals surface area contributed by atoms with Crippen molar-refractivity contribution in [1.82, 2.24) is 5.32 Å². The van der Waals surface area contributed by atoms with Crippen LogP contribution in [0.15, 0.2) is 35.2 Å². The van der Waals surface area contributed by atoms with Gasteiger partial charge < -0.3 is 10.4 Å². The number of aliphatic hydroxyl groups excluding tert-OH is 1. The van der Waals surface area contributed by atoms with Gasteiger partial charge in [0.25, 0.3) is 0 Å². The Labute approximate surface area is 108 Å². The van der Waals surface area contributed by atoms with Gasteiger partial charge in [-0.25, -0.2) is 8.42 Å². The molecule has 0 unspecified atom stereocenters. The number of aliphatic hydroxyl groups is 1. The molecule has 1 aromatic carbocycles. The lowest BCUT2D eigenvalue weighted by Gasteiger charge is -2.35. The van der Waals surface area contributed by atoms with Crippen LogP contribution in [0.4, 0.5) is 0 Å². The number of nitrogens with one attached hydrogen (secondary N) is 1. The van der Waals surface area contributed by atoms with Crippen LogP contribution < -0.4 is 5.32 Å². The van der Waals surface area contributed by atoms with E-state index >= 15 is 0 Å². The maximum Gasteiger partial charge on any atom is 0.181 e. The van der Waals surface area contributed by atoms with Gasteiger partial charge in [-0.2, -0.15) is 0 Å². The molecule has 18 heavy (non-hydrogen) atoms. The fourth-order valence-electron chi connectivity index (χ4n) is 2.17. The normalized spacial score (nSPS) is 23.6. The highest BCUT2D eigenvalue weighted by Crippen LogP contribution is 2.31. The van der Waals surface area contributed by atoms with Crippen molar-refractivity contribution in [1.29, 1.82) is 0 Å². The first kappa shape index (κ1) is 13.5. The molecule has 1 aliphatic carbocycles. The molecule has 0 spiro atoms. The zero-order valence-electron chi connectivity index (χ0n) is 10.2. The van der Waals surface area contributed by atoms with Crippen LogP contribution in [0.2, 0.25) is 0 Å². The van der Waals surface area contributed by atoms with E-state index in [0.717, 1.165) is 6.54 Å². The van der Waals surface area contributed by atoms with Crippen molar-refractivity contribution in [3.8, 4) is 0 Å². The first-order valence-electron chi connectivity index (χ1n) is 6.28. The minimum absolute atomic E-state index is 0.172. The highest BCUT2D eigenvalue weighted by atomic mass is 32.2. The van der Waals surface area contributed by atoms with Crippen LogP contribution in [0.3, 0.4) is 0 Å². The number of benzene rings is 1. The number of sulfone groups is 1. The summed E-state index contributed by atoms with van der Waals surface area (Å²) in [6.45, 7) is 0.921. The van der Waals surface area contributed by atoms with Crippen molar-refractivity contribution in [2.45, 2.75) is 35.4 Å². The average Bonchev–Trinajstić information content (AvgIpc) is 2.33. The summed E-state index contributed by atoms with van der Waals surface area (Å²) in [6.07, 6.45) is 2.05. The van der Waals surface area contributed by atoms with Gasteiger partial charge in [0, 0.05) is 12.6 Å². The van der Waals surface area contributed by atoms with E-state index in [1.807, 2.05) is 6.07 Å². The van der Waals surface area contributed by atoms with E-state index in [1.165, 1.54) is 0 Å². The summed E-state index contributed by atoms with van der Waals surface area (Å²) in [5.74, 6) is 0. The predicted molar refractivity (Wildman–Crippen MR) is 70.1 cm³/mol. The maximum atomic E-state index is 12.2. The van der Waals surface area contributed by atoms with Crippen molar-refractivity contribution in [2.75, 3.05) is 13.2 Å². The third-order valence-corrected chi connectivity index (χ3v) is 5.57. The van der Waals surface area contributed by atoms with Gasteiger partial charge in [-0.15, -0.1) is 0 Å². The molecule has 0 bridgehead atoms. The second-order valence-electron chi connectivity index (χ2n) is 4.68. The Balaban J connectivity index is 1.88. The summed E-state index contributed by atoms with van der Waals surface area (Å²) >= 11 is 0. The lowest BCUT2D eigenvalue weighted by molar-refractivity contribution is 0.271. The molecule has 2 rings (SSSR count). The van der Waals surface area contributed by atoms with Gasteiger partial charge in [0.15, 0.2) is 9.84 Å². The molecule has 100 valence electrons. The molecule has 0 amide bonds. The average molecular weight is 269 g/mol. The Morgan fingerprint density at radius 2 is 1.89 bits per heavy atom. The fourth-order valence-corrected chi connectivity index (χ4v) is 4.07. The summed E-state index contributed by atoms with van der Waals surface area (Å²) in [4.78, 5) is 0.420. The van der Waals surface area contributed by atoms with E-state index in [-0.39, 0.29) is 17.9 Å². The Morgan fingerprint density at radius 1 is 1.22 bits per heavy atom. The number of hydrogen-bond donors (Lipinski definition) is 2. The fraction of sp³-hybridized carbons (Fsp3) is 0.538. The molecule has 1 saturated carbocycles. The molecule has 1 aliphatic rings. The first-order chi connectivity index (χ1) is 8.64. The molecule has 0 atom stereocenters.